The van der Waals surface area contributed by atoms with Crippen molar-refractivity contribution >= 4 is 62.1 Å². The SMILES string of the molecule is CCOc1ccc(S(=O)(=O)Nc2cc(Cl)c(Cl)cc2Cl)cc1NC(C)=O. The number of anilines is 2. The summed E-state index contributed by atoms with van der Waals surface area (Å²) in [5.41, 5.74) is 0.318. The molecule has 2 aromatic rings. The van der Waals surface area contributed by atoms with Crippen LogP contribution in [0.25, 0.3) is 0 Å². The Kier molecular flexibility index (Phi) is 6.63. The lowest BCUT2D eigenvalue weighted by molar-refractivity contribution is -0.114. The molecule has 1 amide bonds. The van der Waals surface area contributed by atoms with Gasteiger partial charge in [-0.05, 0) is 37.3 Å². The number of rotatable bonds is 6. The number of sulfonamides is 1. The summed E-state index contributed by atoms with van der Waals surface area (Å²) in [5.74, 6) is -0.00444. The molecule has 0 aliphatic rings. The molecular formula is C16H15Cl3N2O4S. The maximum absolute atomic E-state index is 12.7. The van der Waals surface area contributed by atoms with E-state index in [2.05, 4.69) is 10.0 Å². The number of ether oxygens (including phenoxy) is 1. The van der Waals surface area contributed by atoms with Crippen molar-refractivity contribution in [3.05, 3.63) is 45.4 Å². The third kappa shape index (κ3) is 4.94. The number of amides is 1. The van der Waals surface area contributed by atoms with E-state index >= 15 is 0 Å². The van der Waals surface area contributed by atoms with Crippen LogP contribution in [-0.2, 0) is 14.8 Å². The minimum absolute atomic E-state index is 0.0797. The molecule has 26 heavy (non-hydrogen) atoms. The molecule has 6 nitrogen and oxygen atoms in total. The van der Waals surface area contributed by atoms with Gasteiger partial charge in [0.05, 0.1) is 37.9 Å². The van der Waals surface area contributed by atoms with Gasteiger partial charge >= 0.3 is 0 Å². The second kappa shape index (κ2) is 8.35. The van der Waals surface area contributed by atoms with Gasteiger partial charge in [0.15, 0.2) is 0 Å². The van der Waals surface area contributed by atoms with E-state index in [1.165, 1.54) is 37.3 Å². The van der Waals surface area contributed by atoms with Crippen LogP contribution in [-0.4, -0.2) is 20.9 Å². The fourth-order valence-electron chi connectivity index (χ4n) is 2.05. The predicted octanol–water partition coefficient (Wildman–Crippen LogP) is 4.80. The van der Waals surface area contributed by atoms with Gasteiger partial charge in [-0.3, -0.25) is 9.52 Å². The quantitative estimate of drug-likeness (QED) is 0.635. The van der Waals surface area contributed by atoms with Crippen LogP contribution >= 0.6 is 34.8 Å². The van der Waals surface area contributed by atoms with Crippen molar-refractivity contribution in [2.45, 2.75) is 18.7 Å². The zero-order valence-corrected chi connectivity index (χ0v) is 16.9. The number of hydrogen-bond donors (Lipinski definition) is 2. The molecule has 0 aliphatic carbocycles. The maximum Gasteiger partial charge on any atom is 0.262 e. The molecule has 0 unspecified atom stereocenters. The number of nitrogens with one attached hydrogen (secondary N) is 2. The lowest BCUT2D eigenvalue weighted by atomic mass is 10.3. The first-order valence-electron chi connectivity index (χ1n) is 7.36. The highest BCUT2D eigenvalue weighted by Crippen LogP contribution is 2.34. The fourth-order valence-corrected chi connectivity index (χ4v) is 3.80. The molecule has 140 valence electrons. The lowest BCUT2D eigenvalue weighted by Gasteiger charge is -2.14. The van der Waals surface area contributed by atoms with Crippen LogP contribution in [0.15, 0.2) is 35.2 Å². The minimum atomic E-state index is -4.00. The Labute approximate surface area is 166 Å². The smallest absolute Gasteiger partial charge is 0.262 e. The van der Waals surface area contributed by atoms with Crippen molar-refractivity contribution in [1.82, 2.24) is 0 Å². The summed E-state index contributed by atoms with van der Waals surface area (Å²) < 4.78 is 33.1. The Hall–Kier alpha value is -1.67. The summed E-state index contributed by atoms with van der Waals surface area (Å²) in [4.78, 5) is 11.3. The summed E-state index contributed by atoms with van der Waals surface area (Å²) in [7, 11) is -4.00. The highest BCUT2D eigenvalue weighted by molar-refractivity contribution is 7.92. The number of carbonyl (C=O) groups is 1. The van der Waals surface area contributed by atoms with Gasteiger partial charge in [-0.15, -0.1) is 0 Å². The Morgan fingerprint density at radius 3 is 2.31 bits per heavy atom. The van der Waals surface area contributed by atoms with E-state index in [1.807, 2.05) is 0 Å². The van der Waals surface area contributed by atoms with Crippen LogP contribution in [0, 0.1) is 0 Å². The van der Waals surface area contributed by atoms with Gasteiger partial charge in [0.2, 0.25) is 5.91 Å². The van der Waals surface area contributed by atoms with Crippen LogP contribution in [0.2, 0.25) is 15.1 Å². The van der Waals surface area contributed by atoms with Crippen LogP contribution in [0.1, 0.15) is 13.8 Å². The normalized spacial score (nSPS) is 11.1. The second-order valence-electron chi connectivity index (χ2n) is 5.12. The molecule has 0 aromatic heterocycles. The fraction of sp³-hybridized carbons (Fsp3) is 0.188. The molecule has 0 fully saturated rings. The Bertz CT molecular complexity index is 949. The van der Waals surface area contributed by atoms with E-state index in [9.17, 15) is 13.2 Å². The third-order valence-corrected chi connectivity index (χ3v) is 5.52. The van der Waals surface area contributed by atoms with E-state index in [-0.39, 0.29) is 37.2 Å². The molecule has 0 heterocycles. The molecule has 0 saturated heterocycles. The second-order valence-corrected chi connectivity index (χ2v) is 8.03. The van der Waals surface area contributed by atoms with Gasteiger partial charge < -0.3 is 10.1 Å². The highest BCUT2D eigenvalue weighted by Gasteiger charge is 2.19. The van der Waals surface area contributed by atoms with Crippen LogP contribution in [0.5, 0.6) is 5.75 Å². The van der Waals surface area contributed by atoms with Gasteiger partial charge in [0.1, 0.15) is 5.75 Å². The Morgan fingerprint density at radius 1 is 1.04 bits per heavy atom. The van der Waals surface area contributed by atoms with E-state index in [4.69, 9.17) is 39.5 Å². The van der Waals surface area contributed by atoms with Gasteiger partial charge in [-0.2, -0.15) is 0 Å². The van der Waals surface area contributed by atoms with Crippen molar-refractivity contribution in [3.63, 3.8) is 0 Å². The van der Waals surface area contributed by atoms with Crippen molar-refractivity contribution in [2.75, 3.05) is 16.6 Å². The summed E-state index contributed by atoms with van der Waals surface area (Å²) in [6.45, 7) is 3.44. The van der Waals surface area contributed by atoms with Crippen LogP contribution < -0.4 is 14.8 Å². The monoisotopic (exact) mass is 436 g/mol. The average Bonchev–Trinajstić information content (AvgIpc) is 2.53. The van der Waals surface area contributed by atoms with Crippen molar-refractivity contribution < 1.29 is 17.9 Å². The largest absolute Gasteiger partial charge is 0.492 e. The van der Waals surface area contributed by atoms with E-state index in [0.29, 0.717) is 12.4 Å². The third-order valence-electron chi connectivity index (χ3n) is 3.13. The molecule has 0 spiro atoms. The van der Waals surface area contributed by atoms with Crippen molar-refractivity contribution in [3.8, 4) is 5.75 Å². The van der Waals surface area contributed by atoms with E-state index in [1.54, 1.807) is 6.92 Å². The zero-order chi connectivity index (χ0) is 19.5. The first-order valence-corrected chi connectivity index (χ1v) is 9.97. The topological polar surface area (TPSA) is 84.5 Å². The highest BCUT2D eigenvalue weighted by atomic mass is 35.5. The van der Waals surface area contributed by atoms with Gasteiger partial charge in [-0.25, -0.2) is 8.42 Å². The Balaban J connectivity index is 2.42. The minimum Gasteiger partial charge on any atom is -0.492 e. The average molecular weight is 438 g/mol. The van der Waals surface area contributed by atoms with E-state index < -0.39 is 10.0 Å². The summed E-state index contributed by atoms with van der Waals surface area (Å²) in [6.07, 6.45) is 0. The molecule has 0 atom stereocenters. The maximum atomic E-state index is 12.7. The summed E-state index contributed by atoms with van der Waals surface area (Å²) in [5, 5.41) is 2.99. The predicted molar refractivity (Wildman–Crippen MR) is 104 cm³/mol. The molecular weight excluding hydrogens is 423 g/mol. The lowest BCUT2D eigenvalue weighted by Crippen LogP contribution is -2.15. The number of hydrogen-bond acceptors (Lipinski definition) is 4. The first-order chi connectivity index (χ1) is 12.1. The molecule has 0 radical (unpaired) electrons. The van der Waals surface area contributed by atoms with Crippen molar-refractivity contribution in [1.29, 1.82) is 0 Å². The Morgan fingerprint density at radius 2 is 1.69 bits per heavy atom. The summed E-state index contributed by atoms with van der Waals surface area (Å²) in [6, 6.07) is 6.75. The molecule has 2 rings (SSSR count). The van der Waals surface area contributed by atoms with Gasteiger partial charge in [-0.1, -0.05) is 34.8 Å². The molecule has 2 N–H and O–H groups in total. The number of carbonyl (C=O) groups excluding carboxylic acids is 1. The molecule has 0 aliphatic heterocycles. The van der Waals surface area contributed by atoms with Gasteiger partial charge in [0.25, 0.3) is 10.0 Å². The van der Waals surface area contributed by atoms with Crippen LogP contribution in [0.3, 0.4) is 0 Å². The number of halogens is 3. The number of benzene rings is 2. The van der Waals surface area contributed by atoms with Crippen molar-refractivity contribution in [2.24, 2.45) is 0 Å². The van der Waals surface area contributed by atoms with Crippen LogP contribution in [0.4, 0.5) is 11.4 Å². The molecule has 10 heteroatoms. The zero-order valence-electron chi connectivity index (χ0n) is 13.8. The molecule has 0 bridgehead atoms. The van der Waals surface area contributed by atoms with Gasteiger partial charge in [0, 0.05) is 6.92 Å². The molecule has 2 aromatic carbocycles. The summed E-state index contributed by atoms with van der Waals surface area (Å²) >= 11 is 17.8. The van der Waals surface area contributed by atoms with E-state index in [0.717, 1.165) is 0 Å². The molecule has 0 saturated carbocycles. The standard InChI is InChI=1S/C16H15Cl3N2O4S/c1-3-25-16-5-4-10(6-15(16)20-9(2)22)26(23,24)21-14-8-12(18)11(17)7-13(14)19/h4-8,21H,3H2,1-2H3,(H,20,22). The first kappa shape index (κ1) is 20.6.